The van der Waals surface area contributed by atoms with E-state index >= 15 is 0 Å². The molecule has 4 aromatic rings. The summed E-state index contributed by atoms with van der Waals surface area (Å²) < 4.78 is 5.20. The summed E-state index contributed by atoms with van der Waals surface area (Å²) >= 11 is 0. The number of aromatic nitrogens is 1. The Morgan fingerprint density at radius 2 is 1.57 bits per heavy atom. The lowest BCUT2D eigenvalue weighted by atomic mass is 10.0. The Morgan fingerprint density at radius 1 is 0.857 bits per heavy atom. The summed E-state index contributed by atoms with van der Waals surface area (Å²) in [5, 5.41) is 3.59. The van der Waals surface area contributed by atoms with E-state index in [1.165, 1.54) is 0 Å². The number of benzene rings is 3. The summed E-state index contributed by atoms with van der Waals surface area (Å²) in [6, 6.07) is 24.7. The predicted molar refractivity (Wildman–Crippen MR) is 109 cm³/mol. The van der Waals surface area contributed by atoms with E-state index in [0.29, 0.717) is 11.3 Å². The molecule has 1 heterocycles. The topological polar surface area (TPSA) is 71.2 Å². The van der Waals surface area contributed by atoms with Crippen LogP contribution in [0.3, 0.4) is 0 Å². The lowest BCUT2D eigenvalue weighted by Gasteiger charge is -2.11. The van der Waals surface area contributed by atoms with Gasteiger partial charge in [-0.3, -0.25) is 4.79 Å². The van der Waals surface area contributed by atoms with Crippen LogP contribution in [-0.4, -0.2) is 23.5 Å². The van der Waals surface area contributed by atoms with Crippen molar-refractivity contribution in [1.29, 1.82) is 0 Å². The largest absolute Gasteiger partial charge is 0.452 e. The number of hydrogen-bond donors (Lipinski definition) is 2. The number of ether oxygens (including phenoxy) is 1. The zero-order chi connectivity index (χ0) is 19.3. The molecule has 0 aliphatic rings. The van der Waals surface area contributed by atoms with E-state index in [0.717, 1.165) is 22.0 Å². The molecule has 0 spiro atoms. The first-order valence-corrected chi connectivity index (χ1v) is 8.90. The van der Waals surface area contributed by atoms with Gasteiger partial charge >= 0.3 is 5.97 Å². The fourth-order valence-electron chi connectivity index (χ4n) is 3.10. The number of aromatic amines is 1. The van der Waals surface area contributed by atoms with Gasteiger partial charge in [-0.1, -0.05) is 66.7 Å². The van der Waals surface area contributed by atoms with Crippen LogP contribution in [-0.2, 0) is 9.53 Å². The number of anilines is 1. The molecule has 0 bridgehead atoms. The van der Waals surface area contributed by atoms with Crippen LogP contribution in [0.15, 0.2) is 85.1 Å². The Hall–Kier alpha value is -3.86. The molecule has 0 fully saturated rings. The first kappa shape index (κ1) is 17.5. The molecule has 0 aliphatic carbocycles. The highest BCUT2D eigenvalue weighted by atomic mass is 16.5. The second-order valence-corrected chi connectivity index (χ2v) is 6.28. The monoisotopic (exact) mass is 370 g/mol. The van der Waals surface area contributed by atoms with Gasteiger partial charge in [-0.2, -0.15) is 0 Å². The number of fused-ring (bicyclic) bond motifs is 1. The maximum atomic E-state index is 12.3. The van der Waals surface area contributed by atoms with Crippen LogP contribution in [0.4, 0.5) is 5.69 Å². The van der Waals surface area contributed by atoms with Crippen molar-refractivity contribution in [1.82, 2.24) is 4.98 Å². The van der Waals surface area contributed by atoms with Crippen LogP contribution in [0, 0.1) is 0 Å². The number of esters is 1. The van der Waals surface area contributed by atoms with Crippen LogP contribution in [0.5, 0.6) is 0 Å². The standard InChI is InChI=1S/C23H18N2O3/c26-22(15-28-23(27)19-14-24-20-12-6-5-11-18(19)20)25-21-13-7-4-10-17(21)16-8-2-1-3-9-16/h1-14,24H,15H2,(H,25,26). The van der Waals surface area contributed by atoms with Gasteiger partial charge < -0.3 is 15.0 Å². The third-order valence-electron chi connectivity index (χ3n) is 4.43. The van der Waals surface area contributed by atoms with Crippen molar-refractivity contribution in [2.24, 2.45) is 0 Å². The van der Waals surface area contributed by atoms with Gasteiger partial charge in [0.05, 0.1) is 5.56 Å². The molecule has 0 saturated carbocycles. The summed E-state index contributed by atoms with van der Waals surface area (Å²) in [6.07, 6.45) is 1.59. The van der Waals surface area contributed by atoms with Gasteiger partial charge in [0.2, 0.25) is 0 Å². The number of rotatable bonds is 5. The highest BCUT2D eigenvalue weighted by Gasteiger charge is 2.15. The molecule has 138 valence electrons. The first-order valence-electron chi connectivity index (χ1n) is 8.90. The third-order valence-corrected chi connectivity index (χ3v) is 4.43. The Balaban J connectivity index is 1.44. The van der Waals surface area contributed by atoms with Crippen LogP contribution < -0.4 is 5.32 Å². The van der Waals surface area contributed by atoms with Crippen LogP contribution >= 0.6 is 0 Å². The Bertz CT molecular complexity index is 1130. The van der Waals surface area contributed by atoms with E-state index in [4.69, 9.17) is 4.74 Å². The van der Waals surface area contributed by atoms with E-state index in [1.54, 1.807) is 6.20 Å². The lowest BCUT2D eigenvalue weighted by molar-refractivity contribution is -0.119. The van der Waals surface area contributed by atoms with Gasteiger partial charge in [0, 0.05) is 28.4 Å². The average molecular weight is 370 g/mol. The summed E-state index contributed by atoms with van der Waals surface area (Å²) in [6.45, 7) is -0.360. The SMILES string of the molecule is O=C(COC(=O)c1c[nH]c2ccccc12)Nc1ccccc1-c1ccccc1. The molecule has 0 saturated heterocycles. The lowest BCUT2D eigenvalue weighted by Crippen LogP contribution is -2.21. The smallest absolute Gasteiger partial charge is 0.340 e. The first-order chi connectivity index (χ1) is 13.7. The molecule has 4 rings (SSSR count). The van der Waals surface area contributed by atoms with Crippen molar-refractivity contribution in [2.75, 3.05) is 11.9 Å². The molecular weight excluding hydrogens is 352 g/mol. The molecule has 5 heteroatoms. The molecule has 2 N–H and O–H groups in total. The van der Waals surface area contributed by atoms with Gasteiger partial charge in [-0.15, -0.1) is 0 Å². The molecule has 28 heavy (non-hydrogen) atoms. The summed E-state index contributed by atoms with van der Waals surface area (Å²) in [5.74, 6) is -0.930. The molecule has 0 unspecified atom stereocenters. The normalized spacial score (nSPS) is 10.6. The van der Waals surface area contributed by atoms with Crippen molar-refractivity contribution >= 4 is 28.5 Å². The van der Waals surface area contributed by atoms with Crippen molar-refractivity contribution in [3.63, 3.8) is 0 Å². The maximum Gasteiger partial charge on any atom is 0.340 e. The molecule has 0 radical (unpaired) electrons. The van der Waals surface area contributed by atoms with E-state index in [9.17, 15) is 9.59 Å². The van der Waals surface area contributed by atoms with Gasteiger partial charge in [-0.05, 0) is 17.7 Å². The fraction of sp³-hybridized carbons (Fsp3) is 0.0435. The van der Waals surface area contributed by atoms with Gasteiger partial charge in [0.15, 0.2) is 6.61 Å². The number of H-pyrrole nitrogens is 1. The van der Waals surface area contributed by atoms with Gasteiger partial charge in [0.1, 0.15) is 0 Å². The number of carbonyl (C=O) groups excluding carboxylic acids is 2. The minimum absolute atomic E-state index is 0.360. The van der Waals surface area contributed by atoms with E-state index < -0.39 is 11.9 Å². The van der Waals surface area contributed by atoms with Crippen molar-refractivity contribution in [3.05, 3.63) is 90.6 Å². The second-order valence-electron chi connectivity index (χ2n) is 6.28. The minimum Gasteiger partial charge on any atom is -0.452 e. The summed E-state index contributed by atoms with van der Waals surface area (Å²) in [7, 11) is 0. The predicted octanol–water partition coefficient (Wildman–Crippen LogP) is 4.63. The quantitative estimate of drug-likeness (QED) is 0.503. The third kappa shape index (κ3) is 3.64. The average Bonchev–Trinajstić information content (AvgIpc) is 3.17. The second kappa shape index (κ2) is 7.80. The molecule has 5 nitrogen and oxygen atoms in total. The van der Waals surface area contributed by atoms with E-state index in [2.05, 4.69) is 10.3 Å². The van der Waals surface area contributed by atoms with Crippen molar-refractivity contribution in [3.8, 4) is 11.1 Å². The molecule has 0 aliphatic heterocycles. The highest BCUT2D eigenvalue weighted by Crippen LogP contribution is 2.27. The van der Waals surface area contributed by atoms with Crippen molar-refractivity contribution < 1.29 is 14.3 Å². The zero-order valence-corrected chi connectivity index (χ0v) is 15.0. The summed E-state index contributed by atoms with van der Waals surface area (Å²) in [5.41, 5.74) is 3.82. The summed E-state index contributed by atoms with van der Waals surface area (Å²) in [4.78, 5) is 27.7. The Labute approximate surface area is 162 Å². The number of nitrogens with one attached hydrogen (secondary N) is 2. The molecule has 0 atom stereocenters. The number of carbonyl (C=O) groups is 2. The highest BCUT2D eigenvalue weighted by molar-refractivity contribution is 6.05. The Morgan fingerprint density at radius 3 is 2.43 bits per heavy atom. The van der Waals surface area contributed by atoms with Gasteiger partial charge in [-0.25, -0.2) is 4.79 Å². The van der Waals surface area contributed by atoms with E-state index in [1.807, 2.05) is 78.9 Å². The maximum absolute atomic E-state index is 12.3. The molecule has 1 aromatic heterocycles. The van der Waals surface area contributed by atoms with Gasteiger partial charge in [0.25, 0.3) is 5.91 Å². The van der Waals surface area contributed by atoms with Crippen LogP contribution in [0.2, 0.25) is 0 Å². The van der Waals surface area contributed by atoms with Crippen molar-refractivity contribution in [2.45, 2.75) is 0 Å². The molecule has 3 aromatic carbocycles. The fourth-order valence-corrected chi connectivity index (χ4v) is 3.10. The van der Waals surface area contributed by atoms with Crippen LogP contribution in [0.25, 0.3) is 22.0 Å². The van der Waals surface area contributed by atoms with E-state index in [-0.39, 0.29) is 6.61 Å². The minimum atomic E-state index is -0.538. The Kier molecular flexibility index (Phi) is 4.89. The number of hydrogen-bond acceptors (Lipinski definition) is 3. The number of para-hydroxylation sites is 2. The number of amides is 1. The molecular formula is C23H18N2O3. The van der Waals surface area contributed by atoms with Crippen LogP contribution in [0.1, 0.15) is 10.4 Å². The zero-order valence-electron chi connectivity index (χ0n) is 15.0. The molecule has 1 amide bonds.